The van der Waals surface area contributed by atoms with Gasteiger partial charge in [-0.1, -0.05) is 0 Å². The molecule has 0 radical (unpaired) electrons. The second-order valence-corrected chi connectivity index (χ2v) is 5.18. The molecular weight excluding hydrogens is 270 g/mol. The molecule has 7 heteroatoms. The molecule has 0 atom stereocenters. The van der Waals surface area contributed by atoms with E-state index in [0.29, 0.717) is 25.3 Å². The Morgan fingerprint density at radius 1 is 1.29 bits per heavy atom. The van der Waals surface area contributed by atoms with Crippen molar-refractivity contribution in [1.29, 1.82) is 0 Å². The molecular formula is C14H23N5O2. The second-order valence-electron chi connectivity index (χ2n) is 5.18. The van der Waals surface area contributed by atoms with Crippen LogP contribution in [0.25, 0.3) is 0 Å². The number of H-pyrrole nitrogens is 1. The highest BCUT2D eigenvalue weighted by Gasteiger charge is 2.25. The molecule has 2 amide bonds. The molecule has 7 nitrogen and oxygen atoms in total. The Hall–Kier alpha value is -1.89. The van der Waals surface area contributed by atoms with Crippen LogP contribution in [0.4, 0.5) is 0 Å². The van der Waals surface area contributed by atoms with Gasteiger partial charge in [0.15, 0.2) is 5.69 Å². The van der Waals surface area contributed by atoms with Crippen LogP contribution in [0.2, 0.25) is 0 Å². The van der Waals surface area contributed by atoms with Crippen molar-refractivity contribution in [2.24, 2.45) is 0 Å². The fourth-order valence-corrected chi connectivity index (χ4v) is 2.53. The maximum Gasteiger partial charge on any atom is 0.274 e. The minimum absolute atomic E-state index is 0.0432. The van der Waals surface area contributed by atoms with E-state index >= 15 is 0 Å². The van der Waals surface area contributed by atoms with Gasteiger partial charge in [-0.05, 0) is 13.8 Å². The van der Waals surface area contributed by atoms with Crippen molar-refractivity contribution in [3.63, 3.8) is 0 Å². The number of carbonyl (C=O) groups is 2. The fraction of sp³-hybridized carbons (Fsp3) is 0.643. The van der Waals surface area contributed by atoms with Gasteiger partial charge < -0.3 is 15.1 Å². The van der Waals surface area contributed by atoms with Crippen LogP contribution in [0.3, 0.4) is 0 Å². The number of amides is 2. The van der Waals surface area contributed by atoms with Crippen LogP contribution in [0.1, 0.15) is 35.6 Å². The van der Waals surface area contributed by atoms with Gasteiger partial charge in [-0.3, -0.25) is 14.7 Å². The molecule has 1 aliphatic heterocycles. The summed E-state index contributed by atoms with van der Waals surface area (Å²) in [6.07, 6.45) is 0.845. The predicted octanol–water partition coefficient (Wildman–Crippen LogP) is -0.00420. The van der Waals surface area contributed by atoms with Gasteiger partial charge in [0.1, 0.15) is 0 Å². The van der Waals surface area contributed by atoms with Gasteiger partial charge >= 0.3 is 0 Å². The van der Waals surface area contributed by atoms with Gasteiger partial charge in [0.2, 0.25) is 5.91 Å². The number of aromatic amines is 1. The van der Waals surface area contributed by atoms with Gasteiger partial charge in [-0.25, -0.2) is 0 Å². The highest BCUT2D eigenvalue weighted by molar-refractivity contribution is 5.96. The maximum atomic E-state index is 12.5. The molecule has 0 saturated carbocycles. The molecule has 1 aliphatic rings. The summed E-state index contributed by atoms with van der Waals surface area (Å²) in [5.41, 5.74) is 2.36. The van der Waals surface area contributed by atoms with E-state index in [0.717, 1.165) is 24.2 Å². The summed E-state index contributed by atoms with van der Waals surface area (Å²) in [7, 11) is 1.64. The number of likely N-dealkylation sites (N-methyl/N-ethyl adjacent to an activating group) is 2. The quantitative estimate of drug-likeness (QED) is 0.800. The van der Waals surface area contributed by atoms with Gasteiger partial charge in [0.25, 0.3) is 5.91 Å². The monoisotopic (exact) mass is 293 g/mol. The van der Waals surface area contributed by atoms with E-state index in [1.807, 2.05) is 13.8 Å². The lowest BCUT2D eigenvalue weighted by Gasteiger charge is -2.23. The Morgan fingerprint density at radius 2 is 2.00 bits per heavy atom. The van der Waals surface area contributed by atoms with E-state index in [-0.39, 0.29) is 18.4 Å². The number of hydrogen-bond donors (Lipinski definition) is 2. The SMILES string of the molecule is CCN(CC)C(=O)CN(C)C(=O)c1n[nH]c2c1CNCC2. The summed E-state index contributed by atoms with van der Waals surface area (Å²) < 4.78 is 0. The van der Waals surface area contributed by atoms with Crippen LogP contribution in [-0.2, 0) is 17.8 Å². The summed E-state index contributed by atoms with van der Waals surface area (Å²) in [6, 6.07) is 0. The van der Waals surface area contributed by atoms with Crippen molar-refractivity contribution in [1.82, 2.24) is 25.3 Å². The molecule has 116 valence electrons. The molecule has 21 heavy (non-hydrogen) atoms. The summed E-state index contributed by atoms with van der Waals surface area (Å²) in [5, 5.41) is 10.3. The van der Waals surface area contributed by atoms with Crippen molar-refractivity contribution in [2.45, 2.75) is 26.8 Å². The summed E-state index contributed by atoms with van der Waals surface area (Å²) in [5.74, 6) is -0.255. The number of rotatable bonds is 5. The minimum atomic E-state index is -0.211. The summed E-state index contributed by atoms with van der Waals surface area (Å²) >= 11 is 0. The third-order valence-electron chi connectivity index (χ3n) is 3.84. The largest absolute Gasteiger partial charge is 0.342 e. The lowest BCUT2D eigenvalue weighted by atomic mass is 10.1. The van der Waals surface area contributed by atoms with E-state index in [2.05, 4.69) is 15.5 Å². The molecule has 1 aromatic rings. The summed E-state index contributed by atoms with van der Waals surface area (Å²) in [6.45, 7) is 6.77. The van der Waals surface area contributed by atoms with Crippen LogP contribution in [0.15, 0.2) is 0 Å². The first kappa shape index (κ1) is 15.5. The first-order valence-corrected chi connectivity index (χ1v) is 7.38. The average molecular weight is 293 g/mol. The van der Waals surface area contributed by atoms with E-state index in [9.17, 15) is 9.59 Å². The summed E-state index contributed by atoms with van der Waals surface area (Å²) in [4.78, 5) is 27.7. The minimum Gasteiger partial charge on any atom is -0.342 e. The average Bonchev–Trinajstić information content (AvgIpc) is 2.91. The number of aromatic nitrogens is 2. The first-order valence-electron chi connectivity index (χ1n) is 7.38. The van der Waals surface area contributed by atoms with Crippen molar-refractivity contribution >= 4 is 11.8 Å². The van der Waals surface area contributed by atoms with E-state index in [1.54, 1.807) is 11.9 Å². The molecule has 0 bridgehead atoms. The highest BCUT2D eigenvalue weighted by atomic mass is 16.2. The number of hydrogen-bond acceptors (Lipinski definition) is 4. The Balaban J connectivity index is 2.06. The van der Waals surface area contributed by atoms with Crippen LogP contribution < -0.4 is 5.32 Å². The molecule has 0 spiro atoms. The molecule has 0 unspecified atom stereocenters. The third kappa shape index (κ3) is 3.24. The molecule has 0 saturated heterocycles. The molecule has 0 aromatic carbocycles. The smallest absolute Gasteiger partial charge is 0.274 e. The van der Waals surface area contributed by atoms with Crippen LogP contribution in [0.5, 0.6) is 0 Å². The lowest BCUT2D eigenvalue weighted by molar-refractivity contribution is -0.131. The molecule has 2 N–H and O–H groups in total. The zero-order chi connectivity index (χ0) is 15.4. The molecule has 0 fully saturated rings. The van der Waals surface area contributed by atoms with Gasteiger partial charge in [-0.2, -0.15) is 5.10 Å². The number of fused-ring (bicyclic) bond motifs is 1. The predicted molar refractivity (Wildman–Crippen MR) is 78.9 cm³/mol. The van der Waals surface area contributed by atoms with Crippen LogP contribution >= 0.6 is 0 Å². The van der Waals surface area contributed by atoms with E-state index in [1.165, 1.54) is 4.90 Å². The number of carbonyl (C=O) groups excluding carboxylic acids is 2. The Kier molecular flexibility index (Phi) is 4.95. The number of nitrogens with zero attached hydrogens (tertiary/aromatic N) is 3. The second kappa shape index (κ2) is 6.71. The van der Waals surface area contributed by atoms with Gasteiger partial charge in [0.05, 0.1) is 6.54 Å². The van der Waals surface area contributed by atoms with Gasteiger partial charge in [0, 0.05) is 50.9 Å². The zero-order valence-corrected chi connectivity index (χ0v) is 12.9. The van der Waals surface area contributed by atoms with Crippen molar-refractivity contribution in [3.05, 3.63) is 17.0 Å². The van der Waals surface area contributed by atoms with Crippen molar-refractivity contribution < 1.29 is 9.59 Å². The molecule has 2 rings (SSSR count). The Morgan fingerprint density at radius 3 is 2.67 bits per heavy atom. The fourth-order valence-electron chi connectivity index (χ4n) is 2.53. The zero-order valence-electron chi connectivity index (χ0n) is 12.9. The van der Waals surface area contributed by atoms with Gasteiger partial charge in [-0.15, -0.1) is 0 Å². The standard InChI is InChI=1S/C14H23N5O2/c1-4-19(5-2)12(20)9-18(3)14(21)13-10-8-15-7-6-11(10)16-17-13/h15H,4-9H2,1-3H3,(H,16,17). The molecule has 2 heterocycles. The van der Waals surface area contributed by atoms with E-state index < -0.39 is 0 Å². The first-order chi connectivity index (χ1) is 10.1. The van der Waals surface area contributed by atoms with Crippen molar-refractivity contribution in [2.75, 3.05) is 33.2 Å². The number of nitrogens with one attached hydrogen (secondary N) is 2. The Bertz CT molecular complexity index is 521. The third-order valence-corrected chi connectivity index (χ3v) is 3.84. The highest BCUT2D eigenvalue weighted by Crippen LogP contribution is 2.16. The maximum absolute atomic E-state index is 12.5. The molecule has 1 aromatic heterocycles. The van der Waals surface area contributed by atoms with Crippen molar-refractivity contribution in [3.8, 4) is 0 Å². The van der Waals surface area contributed by atoms with Crippen LogP contribution in [0, 0.1) is 0 Å². The normalized spacial score (nSPS) is 13.7. The van der Waals surface area contributed by atoms with E-state index in [4.69, 9.17) is 0 Å². The Labute approximate surface area is 124 Å². The molecule has 0 aliphatic carbocycles. The lowest BCUT2D eigenvalue weighted by Crippen LogP contribution is -2.41. The van der Waals surface area contributed by atoms with Crippen LogP contribution in [-0.4, -0.2) is 65.0 Å². The topological polar surface area (TPSA) is 81.3 Å².